The third kappa shape index (κ3) is 3.01. The van der Waals surface area contributed by atoms with Gasteiger partial charge in [-0.05, 0) is 56.4 Å². The Labute approximate surface area is 178 Å². The van der Waals surface area contributed by atoms with Crippen LogP contribution in [0.25, 0.3) is 0 Å². The first-order valence-corrected chi connectivity index (χ1v) is 10.3. The minimum absolute atomic E-state index is 0.162. The first-order valence-electron chi connectivity index (χ1n) is 10.3. The summed E-state index contributed by atoms with van der Waals surface area (Å²) < 4.78 is 11.8. The number of benzene rings is 2. The molecule has 0 N–H and O–H groups in total. The highest BCUT2D eigenvalue weighted by Crippen LogP contribution is 2.50. The SMILES string of the molecule is Cc1cc(C)c(C)c(Oc2cc(N3C(=O)[C@@H]4[C@H](C3=O)[C@H]3CC[C@H]4O3)cc([N+](=O)[O-])c2)c1. The Hall–Kier alpha value is -3.26. The van der Waals surface area contributed by atoms with Crippen molar-refractivity contribution in [2.45, 2.75) is 45.8 Å². The minimum Gasteiger partial charge on any atom is -0.457 e. The average molecular weight is 422 g/mol. The lowest BCUT2D eigenvalue weighted by Crippen LogP contribution is -2.34. The maximum atomic E-state index is 13.1. The van der Waals surface area contributed by atoms with E-state index in [2.05, 4.69) is 0 Å². The van der Waals surface area contributed by atoms with Gasteiger partial charge in [0.25, 0.3) is 5.69 Å². The molecule has 2 aromatic rings. The van der Waals surface area contributed by atoms with Gasteiger partial charge in [0.1, 0.15) is 11.5 Å². The molecule has 0 saturated carbocycles. The lowest BCUT2D eigenvalue weighted by Gasteiger charge is -2.19. The maximum absolute atomic E-state index is 13.1. The number of aryl methyl sites for hydroxylation is 2. The van der Waals surface area contributed by atoms with Gasteiger partial charge in [-0.15, -0.1) is 0 Å². The number of fused-ring (bicyclic) bond motifs is 5. The number of amides is 2. The largest absolute Gasteiger partial charge is 0.457 e. The molecular formula is C23H22N2O6. The van der Waals surface area contributed by atoms with Gasteiger partial charge in [0.05, 0.1) is 40.7 Å². The number of nitrogens with zero attached hydrogens (tertiary/aromatic N) is 2. The van der Waals surface area contributed by atoms with Gasteiger partial charge in [-0.1, -0.05) is 6.07 Å². The summed E-state index contributed by atoms with van der Waals surface area (Å²) in [4.78, 5) is 38.3. The van der Waals surface area contributed by atoms with E-state index in [4.69, 9.17) is 9.47 Å². The molecule has 0 spiro atoms. The molecule has 5 rings (SSSR count). The second-order valence-corrected chi connectivity index (χ2v) is 8.60. The van der Waals surface area contributed by atoms with E-state index >= 15 is 0 Å². The van der Waals surface area contributed by atoms with Crippen LogP contribution in [0.2, 0.25) is 0 Å². The number of carbonyl (C=O) groups excluding carboxylic acids is 2. The quantitative estimate of drug-likeness (QED) is 0.420. The highest BCUT2D eigenvalue weighted by Gasteiger charge is 2.62. The monoisotopic (exact) mass is 422 g/mol. The Morgan fingerprint density at radius 2 is 1.65 bits per heavy atom. The average Bonchev–Trinajstić information content (AvgIpc) is 3.39. The van der Waals surface area contributed by atoms with E-state index in [1.54, 1.807) is 0 Å². The molecule has 3 aliphatic rings. The fourth-order valence-corrected chi connectivity index (χ4v) is 5.06. The Bertz CT molecular complexity index is 1120. The van der Waals surface area contributed by atoms with Crippen LogP contribution in [0.4, 0.5) is 11.4 Å². The summed E-state index contributed by atoms with van der Waals surface area (Å²) in [7, 11) is 0. The van der Waals surface area contributed by atoms with Crippen LogP contribution in [0.3, 0.4) is 0 Å². The molecular weight excluding hydrogens is 400 g/mol. The van der Waals surface area contributed by atoms with Crippen LogP contribution >= 0.6 is 0 Å². The summed E-state index contributed by atoms with van der Waals surface area (Å²) in [5.74, 6) is -0.930. The fraction of sp³-hybridized carbons (Fsp3) is 0.391. The van der Waals surface area contributed by atoms with Gasteiger partial charge in [0.15, 0.2) is 0 Å². The summed E-state index contributed by atoms with van der Waals surface area (Å²) in [6.07, 6.45) is 1.02. The van der Waals surface area contributed by atoms with Gasteiger partial charge in [0.2, 0.25) is 11.8 Å². The molecule has 160 valence electrons. The molecule has 2 bridgehead atoms. The topological polar surface area (TPSA) is 99.0 Å². The predicted octanol–water partition coefficient (Wildman–Crippen LogP) is 3.98. The molecule has 2 amide bonds. The molecule has 4 atom stereocenters. The number of non-ortho nitro benzene ring substituents is 1. The van der Waals surface area contributed by atoms with Gasteiger partial charge in [-0.2, -0.15) is 0 Å². The lowest BCUT2D eigenvalue weighted by molar-refractivity contribution is -0.384. The number of ether oxygens (including phenoxy) is 2. The van der Waals surface area contributed by atoms with Gasteiger partial charge >= 0.3 is 0 Å². The molecule has 31 heavy (non-hydrogen) atoms. The standard InChI is InChI=1S/C23H22N2O6/c1-11-6-12(2)13(3)19(7-11)30-16-9-14(8-15(10-16)25(28)29)24-22(26)20-17-4-5-18(31-17)21(20)23(24)27/h6-10,17-18,20-21H,4-5H2,1-3H3/t17-,18-,20-,21+/m1/s1. The van der Waals surface area contributed by atoms with Crippen molar-refractivity contribution in [3.63, 3.8) is 0 Å². The summed E-state index contributed by atoms with van der Waals surface area (Å²) in [5.41, 5.74) is 2.86. The Kier molecular flexibility index (Phi) is 4.37. The van der Waals surface area contributed by atoms with Crippen LogP contribution in [0.5, 0.6) is 11.5 Å². The van der Waals surface area contributed by atoms with Crippen molar-refractivity contribution in [1.29, 1.82) is 0 Å². The number of carbonyl (C=O) groups is 2. The van der Waals surface area contributed by atoms with Crippen LogP contribution in [0.15, 0.2) is 30.3 Å². The maximum Gasteiger partial charge on any atom is 0.275 e. The molecule has 2 aromatic carbocycles. The van der Waals surface area contributed by atoms with E-state index in [-0.39, 0.29) is 41.1 Å². The first kappa shape index (κ1) is 19.7. The number of nitro benzene ring substituents is 1. The van der Waals surface area contributed by atoms with Crippen LogP contribution < -0.4 is 9.64 Å². The molecule has 3 heterocycles. The summed E-state index contributed by atoms with van der Waals surface area (Å²) in [6, 6.07) is 7.95. The smallest absolute Gasteiger partial charge is 0.275 e. The molecule has 0 radical (unpaired) electrons. The molecule has 0 aliphatic carbocycles. The van der Waals surface area contributed by atoms with E-state index in [0.717, 1.165) is 34.4 Å². The minimum atomic E-state index is -0.552. The molecule has 8 heteroatoms. The Balaban J connectivity index is 1.55. The number of nitro groups is 1. The van der Waals surface area contributed by atoms with E-state index in [1.807, 2.05) is 32.9 Å². The Morgan fingerprint density at radius 1 is 1.00 bits per heavy atom. The van der Waals surface area contributed by atoms with E-state index < -0.39 is 16.8 Å². The van der Waals surface area contributed by atoms with Gasteiger partial charge in [-0.25, -0.2) is 4.90 Å². The zero-order valence-electron chi connectivity index (χ0n) is 17.5. The predicted molar refractivity (Wildman–Crippen MR) is 111 cm³/mol. The number of anilines is 1. The molecule has 3 saturated heterocycles. The highest BCUT2D eigenvalue weighted by atomic mass is 16.6. The molecule has 0 unspecified atom stereocenters. The van der Waals surface area contributed by atoms with Crippen molar-refractivity contribution >= 4 is 23.2 Å². The summed E-state index contributed by atoms with van der Waals surface area (Å²) in [6.45, 7) is 5.81. The summed E-state index contributed by atoms with van der Waals surface area (Å²) >= 11 is 0. The van der Waals surface area contributed by atoms with Gasteiger partial charge in [-0.3, -0.25) is 19.7 Å². The van der Waals surface area contributed by atoms with Gasteiger partial charge in [0, 0.05) is 12.1 Å². The third-order valence-electron chi connectivity index (χ3n) is 6.62. The number of hydrogen-bond acceptors (Lipinski definition) is 6. The molecule has 0 aromatic heterocycles. The number of rotatable bonds is 4. The number of hydrogen-bond donors (Lipinski definition) is 0. The fourth-order valence-electron chi connectivity index (χ4n) is 5.06. The normalized spacial score (nSPS) is 26.5. The molecule has 8 nitrogen and oxygen atoms in total. The first-order chi connectivity index (χ1) is 14.7. The van der Waals surface area contributed by atoms with E-state index in [0.29, 0.717) is 5.75 Å². The van der Waals surface area contributed by atoms with Gasteiger partial charge < -0.3 is 9.47 Å². The van der Waals surface area contributed by atoms with Crippen LogP contribution in [0.1, 0.15) is 29.5 Å². The highest BCUT2D eigenvalue weighted by molar-refractivity contribution is 6.23. The molecule has 3 fully saturated rings. The van der Waals surface area contributed by atoms with Crippen molar-refractivity contribution in [2.75, 3.05) is 4.90 Å². The van der Waals surface area contributed by atoms with Crippen molar-refractivity contribution in [3.8, 4) is 11.5 Å². The van der Waals surface area contributed by atoms with E-state index in [1.165, 1.54) is 18.2 Å². The number of imide groups is 1. The van der Waals surface area contributed by atoms with Crippen molar-refractivity contribution < 1.29 is 24.0 Å². The second kappa shape index (κ2) is 6.88. The zero-order chi connectivity index (χ0) is 22.0. The van der Waals surface area contributed by atoms with Crippen molar-refractivity contribution in [2.24, 2.45) is 11.8 Å². The molecule has 3 aliphatic heterocycles. The zero-order valence-corrected chi connectivity index (χ0v) is 17.5. The second-order valence-electron chi connectivity index (χ2n) is 8.60. The van der Waals surface area contributed by atoms with Crippen molar-refractivity contribution in [3.05, 3.63) is 57.1 Å². The van der Waals surface area contributed by atoms with Crippen LogP contribution in [0, 0.1) is 42.7 Å². The Morgan fingerprint density at radius 3 is 2.26 bits per heavy atom. The van der Waals surface area contributed by atoms with Crippen molar-refractivity contribution in [1.82, 2.24) is 0 Å². The third-order valence-corrected chi connectivity index (χ3v) is 6.62. The summed E-state index contributed by atoms with van der Waals surface area (Å²) in [5, 5.41) is 11.6. The van der Waals surface area contributed by atoms with E-state index in [9.17, 15) is 19.7 Å². The van der Waals surface area contributed by atoms with Crippen LogP contribution in [-0.4, -0.2) is 28.9 Å². The lowest BCUT2D eigenvalue weighted by atomic mass is 9.81. The van der Waals surface area contributed by atoms with Crippen LogP contribution in [-0.2, 0) is 14.3 Å².